The van der Waals surface area contributed by atoms with Crippen LogP contribution in [0.2, 0.25) is 0 Å². The number of rotatable bonds is 5. The molecule has 142 valence electrons. The number of likely N-dealkylation sites (N-methyl/N-ethyl adjacent to an activating group) is 1. The second-order valence-electron chi connectivity index (χ2n) is 6.94. The van der Waals surface area contributed by atoms with Crippen molar-refractivity contribution in [2.45, 2.75) is 4.90 Å². The fraction of sp³-hybridized carbons (Fsp3) is 0.227. The van der Waals surface area contributed by atoms with Gasteiger partial charge in [0.05, 0.1) is 22.1 Å². The molecular formula is C22H22N4OS. The molecule has 0 aliphatic heterocycles. The first-order valence-electron chi connectivity index (χ1n) is 9.17. The van der Waals surface area contributed by atoms with Crippen LogP contribution in [0.1, 0.15) is 10.4 Å². The summed E-state index contributed by atoms with van der Waals surface area (Å²) in [6, 6.07) is 15.9. The van der Waals surface area contributed by atoms with Gasteiger partial charge in [0.1, 0.15) is 5.52 Å². The van der Waals surface area contributed by atoms with Gasteiger partial charge in [0.25, 0.3) is 5.91 Å². The predicted molar refractivity (Wildman–Crippen MR) is 117 cm³/mol. The number of nitrogens with one attached hydrogen (secondary N) is 1. The van der Waals surface area contributed by atoms with Gasteiger partial charge in [-0.1, -0.05) is 24.3 Å². The van der Waals surface area contributed by atoms with Crippen LogP contribution in [0.4, 0.5) is 0 Å². The summed E-state index contributed by atoms with van der Waals surface area (Å²) in [4.78, 5) is 25.7. The monoisotopic (exact) mass is 390 g/mol. The van der Waals surface area contributed by atoms with Crippen molar-refractivity contribution < 1.29 is 4.79 Å². The molecule has 0 saturated carbocycles. The van der Waals surface area contributed by atoms with Crippen molar-refractivity contribution in [3.8, 4) is 0 Å². The molecule has 0 fully saturated rings. The van der Waals surface area contributed by atoms with Gasteiger partial charge in [0.15, 0.2) is 0 Å². The number of hydrogen-bond acceptors (Lipinski definition) is 5. The topological polar surface area (TPSA) is 58.1 Å². The summed E-state index contributed by atoms with van der Waals surface area (Å²) >= 11 is 1.71. The molecule has 0 aliphatic rings. The van der Waals surface area contributed by atoms with Crippen LogP contribution in [0.3, 0.4) is 0 Å². The van der Waals surface area contributed by atoms with E-state index in [1.165, 1.54) is 4.90 Å². The maximum absolute atomic E-state index is 12.7. The Morgan fingerprint density at radius 2 is 1.75 bits per heavy atom. The Kier molecular flexibility index (Phi) is 5.15. The molecule has 0 bridgehead atoms. The van der Waals surface area contributed by atoms with Crippen molar-refractivity contribution in [2.75, 3.05) is 33.4 Å². The van der Waals surface area contributed by atoms with Crippen molar-refractivity contribution in [2.24, 2.45) is 0 Å². The lowest BCUT2D eigenvalue weighted by atomic mass is 10.1. The van der Waals surface area contributed by atoms with Gasteiger partial charge in [-0.2, -0.15) is 0 Å². The van der Waals surface area contributed by atoms with Crippen LogP contribution >= 0.6 is 11.8 Å². The van der Waals surface area contributed by atoms with Gasteiger partial charge in [-0.3, -0.25) is 4.79 Å². The van der Waals surface area contributed by atoms with Gasteiger partial charge in [-0.25, -0.2) is 9.97 Å². The number of carbonyl (C=O) groups is 1. The molecule has 4 aromatic rings. The normalized spacial score (nSPS) is 11.6. The molecule has 5 nitrogen and oxygen atoms in total. The second-order valence-corrected chi connectivity index (χ2v) is 7.79. The van der Waals surface area contributed by atoms with Crippen LogP contribution in [-0.4, -0.2) is 54.2 Å². The molecule has 0 spiro atoms. The van der Waals surface area contributed by atoms with Crippen molar-refractivity contribution in [1.29, 1.82) is 0 Å². The van der Waals surface area contributed by atoms with Crippen LogP contribution in [0, 0.1) is 0 Å². The van der Waals surface area contributed by atoms with Crippen molar-refractivity contribution in [1.82, 2.24) is 20.2 Å². The van der Waals surface area contributed by atoms with E-state index >= 15 is 0 Å². The van der Waals surface area contributed by atoms with E-state index in [0.29, 0.717) is 17.6 Å². The van der Waals surface area contributed by atoms with Crippen molar-refractivity contribution >= 4 is 50.5 Å². The highest BCUT2D eigenvalue weighted by atomic mass is 32.2. The highest BCUT2D eigenvalue weighted by Crippen LogP contribution is 2.31. The average molecular weight is 391 g/mol. The summed E-state index contributed by atoms with van der Waals surface area (Å²) in [5, 5.41) is 5.19. The van der Waals surface area contributed by atoms with Gasteiger partial charge < -0.3 is 10.2 Å². The Labute approximate surface area is 168 Å². The fourth-order valence-electron chi connectivity index (χ4n) is 3.34. The SMILES string of the molecule is CSc1cccc2c1ccc1nc3cccc(C(=O)NCCN(C)C)c3nc12. The zero-order chi connectivity index (χ0) is 19.7. The summed E-state index contributed by atoms with van der Waals surface area (Å²) in [6.45, 7) is 1.37. The molecule has 4 rings (SSSR count). The number of nitrogens with zero attached hydrogens (tertiary/aromatic N) is 3. The molecule has 1 amide bonds. The molecule has 0 saturated heterocycles. The van der Waals surface area contributed by atoms with Gasteiger partial charge in [-0.05, 0) is 50.0 Å². The van der Waals surface area contributed by atoms with E-state index in [2.05, 4.69) is 29.8 Å². The summed E-state index contributed by atoms with van der Waals surface area (Å²) in [6.07, 6.45) is 2.07. The molecule has 3 aromatic carbocycles. The van der Waals surface area contributed by atoms with E-state index in [1.807, 2.05) is 49.3 Å². The number of amides is 1. The van der Waals surface area contributed by atoms with E-state index < -0.39 is 0 Å². The lowest BCUT2D eigenvalue weighted by Gasteiger charge is -2.12. The summed E-state index contributed by atoms with van der Waals surface area (Å²) in [5.74, 6) is -0.119. The van der Waals surface area contributed by atoms with E-state index in [0.717, 1.165) is 33.9 Å². The van der Waals surface area contributed by atoms with E-state index in [1.54, 1.807) is 11.8 Å². The number of carbonyl (C=O) groups excluding carboxylic acids is 1. The van der Waals surface area contributed by atoms with Crippen molar-refractivity contribution in [3.63, 3.8) is 0 Å². The predicted octanol–water partition coefficient (Wildman–Crippen LogP) is 3.95. The van der Waals surface area contributed by atoms with E-state index in [4.69, 9.17) is 9.97 Å². The number of para-hydroxylation sites is 1. The minimum absolute atomic E-state index is 0.119. The van der Waals surface area contributed by atoms with Crippen LogP contribution in [0.15, 0.2) is 53.4 Å². The molecule has 6 heteroatoms. The summed E-state index contributed by atoms with van der Waals surface area (Å²) < 4.78 is 0. The lowest BCUT2D eigenvalue weighted by molar-refractivity contribution is 0.0952. The Morgan fingerprint density at radius 1 is 0.964 bits per heavy atom. The van der Waals surface area contributed by atoms with Crippen LogP contribution in [0.25, 0.3) is 32.8 Å². The molecule has 1 N–H and O–H groups in total. The zero-order valence-corrected chi connectivity index (χ0v) is 17.0. The number of aromatic nitrogens is 2. The molecule has 0 aliphatic carbocycles. The number of thioether (sulfide) groups is 1. The molecule has 0 radical (unpaired) electrons. The Balaban J connectivity index is 1.87. The minimum Gasteiger partial charge on any atom is -0.351 e. The highest BCUT2D eigenvalue weighted by Gasteiger charge is 2.14. The van der Waals surface area contributed by atoms with Gasteiger partial charge in [0, 0.05) is 23.4 Å². The largest absolute Gasteiger partial charge is 0.351 e. The highest BCUT2D eigenvalue weighted by molar-refractivity contribution is 7.98. The van der Waals surface area contributed by atoms with Gasteiger partial charge in [0.2, 0.25) is 0 Å². The first-order valence-corrected chi connectivity index (χ1v) is 10.4. The standard InChI is InChI=1S/C22H22N4OS/c1-26(2)13-12-23-22(27)16-7-4-8-17-21(16)25-20-15-6-5-9-19(28-3)14(15)10-11-18(20)24-17/h4-11H,12-13H2,1-3H3,(H,23,27). The molecular weight excluding hydrogens is 368 g/mol. The molecule has 28 heavy (non-hydrogen) atoms. The van der Waals surface area contributed by atoms with E-state index in [-0.39, 0.29) is 5.91 Å². The first-order chi connectivity index (χ1) is 13.6. The summed E-state index contributed by atoms with van der Waals surface area (Å²) in [5.41, 5.74) is 3.59. The minimum atomic E-state index is -0.119. The second kappa shape index (κ2) is 7.73. The third-order valence-electron chi connectivity index (χ3n) is 4.76. The molecule has 1 aromatic heterocycles. The third kappa shape index (κ3) is 3.41. The van der Waals surface area contributed by atoms with Crippen molar-refractivity contribution in [3.05, 3.63) is 54.1 Å². The van der Waals surface area contributed by atoms with Gasteiger partial charge >= 0.3 is 0 Å². The maximum atomic E-state index is 12.7. The lowest BCUT2D eigenvalue weighted by Crippen LogP contribution is -2.31. The maximum Gasteiger partial charge on any atom is 0.253 e. The third-order valence-corrected chi connectivity index (χ3v) is 5.56. The Morgan fingerprint density at radius 3 is 2.54 bits per heavy atom. The van der Waals surface area contributed by atoms with E-state index in [9.17, 15) is 4.79 Å². The summed E-state index contributed by atoms with van der Waals surface area (Å²) in [7, 11) is 3.96. The molecule has 1 heterocycles. The van der Waals surface area contributed by atoms with Crippen LogP contribution in [-0.2, 0) is 0 Å². The Bertz CT molecular complexity index is 1190. The number of benzene rings is 3. The van der Waals surface area contributed by atoms with Crippen LogP contribution in [0.5, 0.6) is 0 Å². The molecule has 0 unspecified atom stereocenters. The molecule has 0 atom stereocenters. The first kappa shape index (κ1) is 18.7. The Hall–Kier alpha value is -2.70. The van der Waals surface area contributed by atoms with Gasteiger partial charge in [-0.15, -0.1) is 11.8 Å². The zero-order valence-electron chi connectivity index (χ0n) is 16.2. The van der Waals surface area contributed by atoms with Crippen LogP contribution < -0.4 is 5.32 Å². The number of hydrogen-bond donors (Lipinski definition) is 1. The number of fused-ring (bicyclic) bond motifs is 4. The smallest absolute Gasteiger partial charge is 0.253 e. The average Bonchev–Trinajstić information content (AvgIpc) is 2.70. The fourth-order valence-corrected chi connectivity index (χ4v) is 3.95. The quantitative estimate of drug-likeness (QED) is 0.318.